The van der Waals surface area contributed by atoms with E-state index < -0.39 is 25.8 Å². The Morgan fingerprint density at radius 2 is 1.62 bits per heavy atom. The molecule has 2 aliphatic rings. The Balaban J connectivity index is 1.73. The average Bonchev–Trinajstić information content (AvgIpc) is 3.07. The van der Waals surface area contributed by atoms with E-state index in [9.17, 15) is 21.6 Å². The molecule has 0 spiro atoms. The van der Waals surface area contributed by atoms with E-state index in [1.165, 1.54) is 4.31 Å². The number of sulfone groups is 1. The molecule has 10 heteroatoms. The zero-order chi connectivity index (χ0) is 19.4. The molecule has 1 amide bonds. The Kier molecular flexibility index (Phi) is 7.46. The topological polar surface area (TPSA) is 110 Å². The third-order valence-corrected chi connectivity index (χ3v) is 8.95. The first-order chi connectivity index (χ1) is 12.1. The van der Waals surface area contributed by atoms with Crippen molar-refractivity contribution in [3.8, 4) is 0 Å². The normalized spacial score (nSPS) is 26.1. The second-order valence-corrected chi connectivity index (χ2v) is 11.8. The van der Waals surface area contributed by atoms with Gasteiger partial charge in [0.25, 0.3) is 0 Å². The predicted molar refractivity (Wildman–Crippen MR) is 99.0 cm³/mol. The van der Waals surface area contributed by atoms with Crippen LogP contribution in [0.4, 0.5) is 0 Å². The molecular weight excluding hydrogens is 380 g/mol. The first-order valence-corrected chi connectivity index (χ1v) is 12.5. The number of amides is 1. The molecule has 1 saturated heterocycles. The molecule has 2 atom stereocenters. The van der Waals surface area contributed by atoms with E-state index in [2.05, 4.69) is 5.32 Å². The second-order valence-electron chi connectivity index (χ2n) is 7.26. The van der Waals surface area contributed by atoms with Gasteiger partial charge in [0.2, 0.25) is 15.9 Å². The van der Waals surface area contributed by atoms with Crippen molar-refractivity contribution >= 4 is 25.8 Å². The van der Waals surface area contributed by atoms with Gasteiger partial charge in [0.1, 0.15) is 0 Å². The Morgan fingerprint density at radius 1 is 1.04 bits per heavy atom. The van der Waals surface area contributed by atoms with Crippen molar-refractivity contribution in [2.45, 2.75) is 63.4 Å². The summed E-state index contributed by atoms with van der Waals surface area (Å²) in [6.45, 7) is 4.24. The molecular formula is C16H30N2O6S2. The van der Waals surface area contributed by atoms with Crippen LogP contribution in [-0.2, 0) is 29.4 Å². The minimum atomic E-state index is -3.48. The molecule has 0 bridgehead atoms. The highest BCUT2D eigenvalue weighted by molar-refractivity contribution is 7.92. The maximum absolute atomic E-state index is 12.4. The van der Waals surface area contributed by atoms with Crippen molar-refractivity contribution in [1.29, 1.82) is 0 Å². The van der Waals surface area contributed by atoms with Crippen molar-refractivity contribution in [1.82, 2.24) is 9.62 Å². The number of hydrogen-bond acceptors (Lipinski definition) is 6. The predicted octanol–water partition coefficient (Wildman–Crippen LogP) is 0.289. The van der Waals surface area contributed by atoms with Crippen LogP contribution in [-0.4, -0.2) is 75.6 Å². The Bertz CT molecular complexity index is 676. The first kappa shape index (κ1) is 21.6. The fraction of sp³-hybridized carbons (Fsp3) is 0.938. The van der Waals surface area contributed by atoms with Gasteiger partial charge in [-0.3, -0.25) is 4.79 Å². The van der Waals surface area contributed by atoms with Crippen LogP contribution in [0.1, 0.15) is 46.0 Å². The van der Waals surface area contributed by atoms with E-state index in [-0.39, 0.29) is 41.9 Å². The first-order valence-electron chi connectivity index (χ1n) is 9.22. The zero-order valence-corrected chi connectivity index (χ0v) is 17.1. The van der Waals surface area contributed by atoms with Crippen molar-refractivity contribution in [3.05, 3.63) is 0 Å². The van der Waals surface area contributed by atoms with Crippen LogP contribution in [0.25, 0.3) is 0 Å². The number of nitrogens with zero attached hydrogens (tertiary/aromatic N) is 1. The number of carbonyl (C=O) groups excluding carboxylic acids is 1. The quantitative estimate of drug-likeness (QED) is 0.616. The lowest BCUT2D eigenvalue weighted by Gasteiger charge is -2.34. The Morgan fingerprint density at radius 3 is 2.19 bits per heavy atom. The zero-order valence-electron chi connectivity index (χ0n) is 15.5. The van der Waals surface area contributed by atoms with Gasteiger partial charge in [0.15, 0.2) is 9.84 Å². The standard InChI is InChI=1S/C16H30N2O6S2/c1-13-11-18(12-14(2)24-13)26(22,23)10-8-17-16(19)7-9-25(20,21)15-5-3-4-6-15/h13-15H,3-12H2,1-2H3,(H,17,19). The third kappa shape index (κ3) is 6.17. The number of nitrogens with one attached hydrogen (secondary N) is 1. The summed E-state index contributed by atoms with van der Waals surface area (Å²) in [5, 5.41) is 2.20. The number of morpholine rings is 1. The molecule has 2 rings (SSSR count). The van der Waals surface area contributed by atoms with Crippen LogP contribution in [0.5, 0.6) is 0 Å². The van der Waals surface area contributed by atoms with Gasteiger partial charge < -0.3 is 10.1 Å². The number of hydrogen-bond donors (Lipinski definition) is 1. The summed E-state index contributed by atoms with van der Waals surface area (Å²) in [6.07, 6.45) is 2.76. The van der Waals surface area contributed by atoms with Gasteiger partial charge >= 0.3 is 0 Å². The lowest BCUT2D eigenvalue weighted by atomic mass is 10.3. The molecule has 0 aromatic heterocycles. The van der Waals surface area contributed by atoms with Crippen LogP contribution in [0.3, 0.4) is 0 Å². The third-order valence-electron chi connectivity index (χ3n) is 4.89. The minimum Gasteiger partial charge on any atom is -0.373 e. The summed E-state index contributed by atoms with van der Waals surface area (Å²) in [4.78, 5) is 11.9. The summed E-state index contributed by atoms with van der Waals surface area (Å²) in [5.41, 5.74) is 0. The lowest BCUT2D eigenvalue weighted by molar-refractivity contribution is -0.120. The van der Waals surface area contributed by atoms with Crippen molar-refractivity contribution in [3.63, 3.8) is 0 Å². The van der Waals surface area contributed by atoms with Crippen molar-refractivity contribution in [2.24, 2.45) is 0 Å². The molecule has 152 valence electrons. The van der Waals surface area contributed by atoms with Crippen molar-refractivity contribution < 1.29 is 26.4 Å². The second kappa shape index (κ2) is 8.99. The van der Waals surface area contributed by atoms with Gasteiger partial charge in [0, 0.05) is 26.1 Å². The fourth-order valence-electron chi connectivity index (χ4n) is 3.54. The molecule has 0 aromatic carbocycles. The molecule has 1 heterocycles. The van der Waals surface area contributed by atoms with Gasteiger partial charge in [-0.25, -0.2) is 16.8 Å². The smallest absolute Gasteiger partial charge is 0.221 e. The SMILES string of the molecule is CC1CN(S(=O)(=O)CCNC(=O)CCS(=O)(=O)C2CCCC2)CC(C)O1. The van der Waals surface area contributed by atoms with Crippen LogP contribution >= 0.6 is 0 Å². The number of carbonyl (C=O) groups is 1. The van der Waals surface area contributed by atoms with E-state index >= 15 is 0 Å². The largest absolute Gasteiger partial charge is 0.373 e. The Labute approximate surface area is 156 Å². The van der Waals surface area contributed by atoms with E-state index in [1.807, 2.05) is 13.8 Å². The molecule has 1 aliphatic carbocycles. The van der Waals surface area contributed by atoms with Crippen LogP contribution in [0.2, 0.25) is 0 Å². The fourth-order valence-corrected chi connectivity index (χ4v) is 6.89. The molecule has 1 aliphatic heterocycles. The maximum atomic E-state index is 12.4. The summed E-state index contributed by atoms with van der Waals surface area (Å²) >= 11 is 0. The molecule has 8 nitrogen and oxygen atoms in total. The molecule has 26 heavy (non-hydrogen) atoms. The lowest BCUT2D eigenvalue weighted by Crippen LogP contribution is -2.49. The van der Waals surface area contributed by atoms with Gasteiger partial charge in [-0.2, -0.15) is 4.31 Å². The van der Waals surface area contributed by atoms with Crippen molar-refractivity contribution in [2.75, 3.05) is 31.1 Å². The summed E-state index contributed by atoms with van der Waals surface area (Å²) in [5.74, 6) is -0.798. The van der Waals surface area contributed by atoms with Gasteiger partial charge in [-0.05, 0) is 26.7 Å². The molecule has 1 N–H and O–H groups in total. The molecule has 2 unspecified atom stereocenters. The van der Waals surface area contributed by atoms with E-state index in [0.717, 1.165) is 12.8 Å². The molecule has 0 radical (unpaired) electrons. The van der Waals surface area contributed by atoms with E-state index in [0.29, 0.717) is 25.9 Å². The highest BCUT2D eigenvalue weighted by atomic mass is 32.2. The van der Waals surface area contributed by atoms with Gasteiger partial charge in [0.05, 0.1) is 29.0 Å². The molecule has 2 fully saturated rings. The summed E-state index contributed by atoms with van der Waals surface area (Å²) in [7, 11) is -6.72. The number of rotatable bonds is 8. The molecule has 1 saturated carbocycles. The monoisotopic (exact) mass is 410 g/mol. The average molecular weight is 411 g/mol. The highest BCUT2D eigenvalue weighted by Crippen LogP contribution is 2.25. The van der Waals surface area contributed by atoms with E-state index in [1.54, 1.807) is 0 Å². The maximum Gasteiger partial charge on any atom is 0.221 e. The summed E-state index contributed by atoms with van der Waals surface area (Å²) < 4.78 is 56.0. The molecule has 0 aromatic rings. The minimum absolute atomic E-state index is 0.0231. The van der Waals surface area contributed by atoms with Crippen LogP contribution < -0.4 is 5.32 Å². The van der Waals surface area contributed by atoms with Gasteiger partial charge in [-0.15, -0.1) is 0 Å². The van der Waals surface area contributed by atoms with Crippen LogP contribution in [0, 0.1) is 0 Å². The van der Waals surface area contributed by atoms with Crippen LogP contribution in [0.15, 0.2) is 0 Å². The number of sulfonamides is 1. The van der Waals surface area contributed by atoms with Gasteiger partial charge in [-0.1, -0.05) is 12.8 Å². The summed E-state index contributed by atoms with van der Waals surface area (Å²) in [6, 6.07) is 0. The number of ether oxygens (including phenoxy) is 1. The Hall–Kier alpha value is -0.710. The highest BCUT2D eigenvalue weighted by Gasteiger charge is 2.31. The van der Waals surface area contributed by atoms with E-state index in [4.69, 9.17) is 4.74 Å².